The Hall–Kier alpha value is -3.21. The van der Waals surface area contributed by atoms with Crippen LogP contribution in [0.5, 0.6) is 0 Å². The van der Waals surface area contributed by atoms with E-state index >= 15 is 0 Å². The van der Waals surface area contributed by atoms with Crippen molar-refractivity contribution in [3.05, 3.63) is 77.5 Å². The van der Waals surface area contributed by atoms with Gasteiger partial charge in [0.25, 0.3) is 5.91 Å². The maximum Gasteiger partial charge on any atom is 0.328 e. The number of pyridine rings is 1. The zero-order valence-corrected chi connectivity index (χ0v) is 17.2. The zero-order valence-electron chi connectivity index (χ0n) is 17.2. The molecule has 0 unspecified atom stereocenters. The van der Waals surface area contributed by atoms with Crippen molar-refractivity contribution < 1.29 is 14.3 Å². The van der Waals surface area contributed by atoms with Gasteiger partial charge in [0.15, 0.2) is 0 Å². The molecule has 150 valence electrons. The number of benzene rings is 2. The molecule has 0 spiro atoms. The summed E-state index contributed by atoms with van der Waals surface area (Å²) in [5.74, 6) is -0.804. The van der Waals surface area contributed by atoms with Crippen LogP contribution in [0.1, 0.15) is 42.3 Å². The first kappa shape index (κ1) is 20.5. The Morgan fingerprint density at radius 3 is 2.38 bits per heavy atom. The van der Waals surface area contributed by atoms with Crippen LogP contribution in [-0.4, -0.2) is 30.0 Å². The Balaban J connectivity index is 1.82. The number of carbonyl (C=O) groups is 2. The number of para-hydroxylation sites is 1. The van der Waals surface area contributed by atoms with Gasteiger partial charge in [-0.15, -0.1) is 0 Å². The molecule has 3 rings (SSSR count). The van der Waals surface area contributed by atoms with Crippen LogP contribution in [0.3, 0.4) is 0 Å². The van der Waals surface area contributed by atoms with Crippen LogP contribution in [0, 0.1) is 0 Å². The number of hydrogen-bond donors (Lipinski definition) is 1. The van der Waals surface area contributed by atoms with Crippen molar-refractivity contribution in [3.63, 3.8) is 0 Å². The minimum Gasteiger partial charge on any atom is -0.467 e. The highest BCUT2D eigenvalue weighted by Gasteiger charge is 2.24. The Kier molecular flexibility index (Phi) is 5.97. The molecule has 1 N–H and O–H groups in total. The van der Waals surface area contributed by atoms with Crippen LogP contribution in [0.2, 0.25) is 0 Å². The lowest BCUT2D eigenvalue weighted by atomic mass is 9.86. The van der Waals surface area contributed by atoms with Crippen LogP contribution < -0.4 is 5.32 Å². The van der Waals surface area contributed by atoms with E-state index in [1.807, 2.05) is 36.4 Å². The summed E-state index contributed by atoms with van der Waals surface area (Å²) in [6, 6.07) is 16.4. The van der Waals surface area contributed by atoms with Gasteiger partial charge in [0.05, 0.1) is 18.2 Å². The highest BCUT2D eigenvalue weighted by atomic mass is 16.5. The molecule has 1 heterocycles. The number of carbonyl (C=O) groups excluding carboxylic acids is 2. The van der Waals surface area contributed by atoms with Crippen LogP contribution in [-0.2, 0) is 21.4 Å². The SMILES string of the molecule is COC(=O)[C@@H](Cc1ccc(C(C)(C)C)cc1)NC(=O)c1ccnc2ccccc12. The lowest BCUT2D eigenvalue weighted by Gasteiger charge is -2.20. The number of esters is 1. The third-order valence-corrected chi connectivity index (χ3v) is 4.94. The molecular weight excluding hydrogens is 364 g/mol. The summed E-state index contributed by atoms with van der Waals surface area (Å²) < 4.78 is 4.92. The quantitative estimate of drug-likeness (QED) is 0.668. The summed E-state index contributed by atoms with van der Waals surface area (Å²) in [6.07, 6.45) is 1.95. The second-order valence-electron chi connectivity index (χ2n) is 8.08. The number of nitrogens with zero attached hydrogens (tertiary/aromatic N) is 1. The van der Waals surface area contributed by atoms with Crippen molar-refractivity contribution in [1.29, 1.82) is 0 Å². The van der Waals surface area contributed by atoms with Gasteiger partial charge in [-0.1, -0.05) is 63.2 Å². The van der Waals surface area contributed by atoms with Crippen molar-refractivity contribution in [1.82, 2.24) is 10.3 Å². The van der Waals surface area contributed by atoms with E-state index in [4.69, 9.17) is 4.74 Å². The molecule has 0 radical (unpaired) electrons. The van der Waals surface area contributed by atoms with Crippen LogP contribution >= 0.6 is 0 Å². The molecule has 0 aliphatic heterocycles. The molecule has 0 fully saturated rings. The Morgan fingerprint density at radius 2 is 1.72 bits per heavy atom. The molecule has 5 heteroatoms. The second kappa shape index (κ2) is 8.43. The lowest BCUT2D eigenvalue weighted by molar-refractivity contribution is -0.142. The molecule has 5 nitrogen and oxygen atoms in total. The van der Waals surface area contributed by atoms with Crippen molar-refractivity contribution in [2.45, 2.75) is 38.6 Å². The Morgan fingerprint density at radius 1 is 1.03 bits per heavy atom. The number of methoxy groups -OCH3 is 1. The van der Waals surface area contributed by atoms with Crippen molar-refractivity contribution in [3.8, 4) is 0 Å². The van der Waals surface area contributed by atoms with Crippen molar-refractivity contribution >= 4 is 22.8 Å². The summed E-state index contributed by atoms with van der Waals surface area (Å²) in [6.45, 7) is 6.45. The Labute approximate surface area is 171 Å². The predicted octanol–water partition coefficient (Wildman–Crippen LogP) is 4.05. The average molecular weight is 390 g/mol. The fourth-order valence-corrected chi connectivity index (χ4v) is 3.24. The number of rotatable bonds is 5. The summed E-state index contributed by atoms with van der Waals surface area (Å²) >= 11 is 0. The van der Waals surface area contributed by atoms with Gasteiger partial charge < -0.3 is 10.1 Å². The van der Waals surface area contributed by atoms with E-state index in [0.29, 0.717) is 12.0 Å². The topological polar surface area (TPSA) is 68.3 Å². The summed E-state index contributed by atoms with van der Waals surface area (Å²) in [5, 5.41) is 3.57. The van der Waals surface area contributed by atoms with Gasteiger partial charge in [0.1, 0.15) is 6.04 Å². The summed E-state index contributed by atoms with van der Waals surface area (Å²) in [7, 11) is 1.33. The monoisotopic (exact) mass is 390 g/mol. The average Bonchev–Trinajstić information content (AvgIpc) is 2.72. The van der Waals surface area contributed by atoms with Crippen LogP contribution in [0.25, 0.3) is 10.9 Å². The van der Waals surface area contributed by atoms with E-state index in [1.54, 1.807) is 12.3 Å². The fraction of sp³-hybridized carbons (Fsp3) is 0.292. The largest absolute Gasteiger partial charge is 0.467 e. The van der Waals surface area contributed by atoms with Gasteiger partial charge in [0, 0.05) is 18.0 Å². The number of fused-ring (bicyclic) bond motifs is 1. The molecule has 3 aromatic rings. The molecule has 1 amide bonds. The van der Waals surface area contributed by atoms with Crippen molar-refractivity contribution in [2.24, 2.45) is 0 Å². The number of hydrogen-bond acceptors (Lipinski definition) is 4. The summed E-state index contributed by atoms with van der Waals surface area (Å²) in [5.41, 5.74) is 3.42. The van der Waals surface area contributed by atoms with Gasteiger partial charge in [-0.3, -0.25) is 9.78 Å². The maximum atomic E-state index is 12.9. The van der Waals surface area contributed by atoms with Gasteiger partial charge in [-0.2, -0.15) is 0 Å². The van der Waals surface area contributed by atoms with Gasteiger partial charge in [0.2, 0.25) is 0 Å². The molecule has 0 bridgehead atoms. The molecule has 0 aliphatic rings. The van der Waals surface area contributed by atoms with E-state index in [2.05, 4.69) is 43.2 Å². The molecule has 0 saturated heterocycles. The fourth-order valence-electron chi connectivity index (χ4n) is 3.24. The van der Waals surface area contributed by atoms with E-state index in [0.717, 1.165) is 16.5 Å². The van der Waals surface area contributed by atoms with E-state index < -0.39 is 12.0 Å². The van der Waals surface area contributed by atoms with Gasteiger partial charge >= 0.3 is 5.97 Å². The minimum absolute atomic E-state index is 0.0525. The van der Waals surface area contributed by atoms with E-state index in [-0.39, 0.29) is 11.3 Å². The highest BCUT2D eigenvalue weighted by Crippen LogP contribution is 2.23. The molecule has 0 aliphatic carbocycles. The molecular formula is C24H26N2O3. The second-order valence-corrected chi connectivity index (χ2v) is 8.08. The minimum atomic E-state index is -0.778. The standard InChI is InChI=1S/C24H26N2O3/c1-24(2,3)17-11-9-16(10-12-17)15-21(23(28)29-4)26-22(27)19-13-14-25-20-8-6-5-7-18(19)20/h5-14,21H,15H2,1-4H3,(H,26,27)/t21-/m1/s1. The molecule has 1 atom stereocenters. The first-order valence-corrected chi connectivity index (χ1v) is 9.61. The van der Waals surface area contributed by atoms with Crippen molar-refractivity contribution in [2.75, 3.05) is 7.11 Å². The maximum absolute atomic E-state index is 12.9. The number of aromatic nitrogens is 1. The highest BCUT2D eigenvalue weighted by molar-refractivity contribution is 6.07. The first-order chi connectivity index (χ1) is 13.8. The molecule has 2 aromatic carbocycles. The molecule has 0 saturated carbocycles. The Bertz CT molecular complexity index is 1010. The van der Waals surface area contributed by atoms with Crippen LogP contribution in [0.15, 0.2) is 60.8 Å². The third kappa shape index (κ3) is 4.80. The number of ether oxygens (including phenoxy) is 1. The third-order valence-electron chi connectivity index (χ3n) is 4.94. The van der Waals surface area contributed by atoms with Crippen LogP contribution in [0.4, 0.5) is 0 Å². The van der Waals surface area contributed by atoms with E-state index in [9.17, 15) is 9.59 Å². The summed E-state index contributed by atoms with van der Waals surface area (Å²) in [4.78, 5) is 29.5. The number of amides is 1. The lowest BCUT2D eigenvalue weighted by Crippen LogP contribution is -2.43. The molecule has 1 aromatic heterocycles. The van der Waals surface area contributed by atoms with E-state index in [1.165, 1.54) is 12.7 Å². The van der Waals surface area contributed by atoms with Gasteiger partial charge in [-0.05, 0) is 28.7 Å². The number of nitrogens with one attached hydrogen (secondary N) is 1. The smallest absolute Gasteiger partial charge is 0.328 e. The predicted molar refractivity (Wildman–Crippen MR) is 114 cm³/mol. The molecule has 29 heavy (non-hydrogen) atoms. The van der Waals surface area contributed by atoms with Gasteiger partial charge in [-0.25, -0.2) is 4.79 Å². The zero-order chi connectivity index (χ0) is 21.0. The first-order valence-electron chi connectivity index (χ1n) is 9.61. The normalized spacial score (nSPS) is 12.4.